The summed E-state index contributed by atoms with van der Waals surface area (Å²) in [5.41, 5.74) is 2.54. The standard InChI is InChI=1S/C19H19NO4/c1-2-23-19(22)15-7-5-8-16(12-15)24-13-18(21)20-11-10-14-6-3-4-9-17(14)20/h3-9,12H,2,10-11,13H2,1H3. The Balaban J connectivity index is 1.63. The SMILES string of the molecule is CCOC(=O)c1cccc(OCC(=O)N2CCc3ccccc32)c1. The van der Waals surface area contributed by atoms with Crippen LogP contribution in [-0.4, -0.2) is 31.6 Å². The molecule has 3 rings (SSSR count). The van der Waals surface area contributed by atoms with Crippen LogP contribution in [0.2, 0.25) is 0 Å². The van der Waals surface area contributed by atoms with Gasteiger partial charge in [0.05, 0.1) is 12.2 Å². The second-order valence-corrected chi connectivity index (χ2v) is 5.46. The van der Waals surface area contributed by atoms with Crippen LogP contribution in [0.3, 0.4) is 0 Å². The van der Waals surface area contributed by atoms with Crippen LogP contribution in [0.4, 0.5) is 5.69 Å². The van der Waals surface area contributed by atoms with E-state index in [9.17, 15) is 9.59 Å². The van der Waals surface area contributed by atoms with Crippen LogP contribution in [-0.2, 0) is 16.0 Å². The minimum absolute atomic E-state index is 0.0688. The number of amides is 1. The molecule has 0 saturated heterocycles. The first-order valence-corrected chi connectivity index (χ1v) is 7.97. The lowest BCUT2D eigenvalue weighted by atomic mass is 10.2. The first kappa shape index (κ1) is 16.1. The van der Waals surface area contributed by atoms with E-state index in [0.29, 0.717) is 24.5 Å². The average molecular weight is 325 g/mol. The zero-order valence-corrected chi connectivity index (χ0v) is 13.5. The molecule has 0 atom stereocenters. The van der Waals surface area contributed by atoms with Crippen LogP contribution in [0.25, 0.3) is 0 Å². The molecule has 0 N–H and O–H groups in total. The van der Waals surface area contributed by atoms with Crippen molar-refractivity contribution in [1.29, 1.82) is 0 Å². The lowest BCUT2D eigenvalue weighted by Crippen LogP contribution is -2.33. The van der Waals surface area contributed by atoms with E-state index in [1.54, 1.807) is 36.1 Å². The monoisotopic (exact) mass is 325 g/mol. The average Bonchev–Trinajstić information content (AvgIpc) is 3.04. The highest BCUT2D eigenvalue weighted by Gasteiger charge is 2.24. The quantitative estimate of drug-likeness (QED) is 0.793. The number of anilines is 1. The summed E-state index contributed by atoms with van der Waals surface area (Å²) < 4.78 is 10.5. The maximum atomic E-state index is 12.4. The van der Waals surface area contributed by atoms with Gasteiger partial charge in [0, 0.05) is 12.2 Å². The second kappa shape index (κ2) is 7.17. The molecule has 0 fully saturated rings. The third-order valence-corrected chi connectivity index (χ3v) is 3.90. The molecule has 24 heavy (non-hydrogen) atoms. The molecule has 0 radical (unpaired) electrons. The Morgan fingerprint density at radius 3 is 2.79 bits per heavy atom. The molecule has 0 aromatic heterocycles. The van der Waals surface area contributed by atoms with Gasteiger partial charge in [0.2, 0.25) is 0 Å². The van der Waals surface area contributed by atoms with Gasteiger partial charge in [-0.05, 0) is 43.2 Å². The number of para-hydroxylation sites is 1. The lowest BCUT2D eigenvalue weighted by molar-refractivity contribution is -0.120. The number of carbonyl (C=O) groups excluding carboxylic acids is 2. The summed E-state index contributed by atoms with van der Waals surface area (Å²) in [6, 6.07) is 14.5. The van der Waals surface area contributed by atoms with Crippen LogP contribution in [0, 0.1) is 0 Å². The van der Waals surface area contributed by atoms with Crippen molar-refractivity contribution in [1.82, 2.24) is 0 Å². The lowest BCUT2D eigenvalue weighted by Gasteiger charge is -2.17. The van der Waals surface area contributed by atoms with Crippen LogP contribution in [0.15, 0.2) is 48.5 Å². The number of rotatable bonds is 5. The number of benzene rings is 2. The van der Waals surface area contributed by atoms with Crippen LogP contribution >= 0.6 is 0 Å². The minimum atomic E-state index is -0.400. The Bertz CT molecular complexity index is 757. The fraction of sp³-hybridized carbons (Fsp3) is 0.263. The minimum Gasteiger partial charge on any atom is -0.484 e. The fourth-order valence-corrected chi connectivity index (χ4v) is 2.75. The van der Waals surface area contributed by atoms with E-state index < -0.39 is 5.97 Å². The predicted octanol–water partition coefficient (Wildman–Crippen LogP) is 2.83. The molecule has 1 aliphatic heterocycles. The number of nitrogens with zero attached hydrogens (tertiary/aromatic N) is 1. The summed E-state index contributed by atoms with van der Waals surface area (Å²) in [6.07, 6.45) is 0.861. The topological polar surface area (TPSA) is 55.8 Å². The van der Waals surface area contributed by atoms with Gasteiger partial charge in [-0.15, -0.1) is 0 Å². The van der Waals surface area contributed by atoms with E-state index in [-0.39, 0.29) is 12.5 Å². The Labute approximate surface area is 140 Å². The van der Waals surface area contributed by atoms with E-state index in [1.165, 1.54) is 5.56 Å². The van der Waals surface area contributed by atoms with Crippen molar-refractivity contribution in [3.8, 4) is 5.75 Å². The van der Waals surface area contributed by atoms with Gasteiger partial charge in [-0.1, -0.05) is 24.3 Å². The maximum Gasteiger partial charge on any atom is 0.338 e. The van der Waals surface area contributed by atoms with Crippen molar-refractivity contribution >= 4 is 17.6 Å². The molecule has 2 aromatic carbocycles. The Hall–Kier alpha value is -2.82. The summed E-state index contributed by atoms with van der Waals surface area (Å²) in [7, 11) is 0. The third-order valence-electron chi connectivity index (χ3n) is 3.90. The summed E-state index contributed by atoms with van der Waals surface area (Å²) in [5.74, 6) is -0.0226. The summed E-state index contributed by atoms with van der Waals surface area (Å²) >= 11 is 0. The molecule has 124 valence electrons. The van der Waals surface area contributed by atoms with Gasteiger partial charge in [0.15, 0.2) is 6.61 Å². The molecule has 5 nitrogen and oxygen atoms in total. The number of ether oxygens (including phenoxy) is 2. The van der Waals surface area contributed by atoms with Gasteiger partial charge in [0.1, 0.15) is 5.75 Å². The highest BCUT2D eigenvalue weighted by atomic mass is 16.5. The predicted molar refractivity (Wildman–Crippen MR) is 90.4 cm³/mol. The van der Waals surface area contributed by atoms with Crippen molar-refractivity contribution in [2.24, 2.45) is 0 Å². The van der Waals surface area contributed by atoms with Gasteiger partial charge in [-0.25, -0.2) is 4.79 Å². The zero-order chi connectivity index (χ0) is 16.9. The fourth-order valence-electron chi connectivity index (χ4n) is 2.75. The van der Waals surface area contributed by atoms with E-state index in [0.717, 1.165) is 12.1 Å². The van der Waals surface area contributed by atoms with Crippen molar-refractivity contribution < 1.29 is 19.1 Å². The molecule has 0 aliphatic carbocycles. The molecule has 0 bridgehead atoms. The van der Waals surface area contributed by atoms with Gasteiger partial charge in [-0.2, -0.15) is 0 Å². The normalized spacial score (nSPS) is 12.6. The molecular formula is C19H19NO4. The van der Waals surface area contributed by atoms with Crippen LogP contribution in [0.1, 0.15) is 22.8 Å². The molecular weight excluding hydrogens is 306 g/mol. The van der Waals surface area contributed by atoms with Gasteiger partial charge >= 0.3 is 5.97 Å². The van der Waals surface area contributed by atoms with Gasteiger partial charge in [-0.3, -0.25) is 4.79 Å². The molecule has 1 amide bonds. The molecule has 0 saturated carbocycles. The highest BCUT2D eigenvalue weighted by molar-refractivity contribution is 5.96. The number of esters is 1. The Kier molecular flexibility index (Phi) is 4.79. The van der Waals surface area contributed by atoms with E-state index in [1.807, 2.05) is 24.3 Å². The van der Waals surface area contributed by atoms with Crippen molar-refractivity contribution in [2.45, 2.75) is 13.3 Å². The highest BCUT2D eigenvalue weighted by Crippen LogP contribution is 2.27. The first-order chi connectivity index (χ1) is 11.7. The number of carbonyl (C=O) groups is 2. The third kappa shape index (κ3) is 3.40. The van der Waals surface area contributed by atoms with Gasteiger partial charge < -0.3 is 14.4 Å². The first-order valence-electron chi connectivity index (χ1n) is 7.97. The van der Waals surface area contributed by atoms with Crippen molar-refractivity contribution in [3.63, 3.8) is 0 Å². The Morgan fingerprint density at radius 2 is 1.96 bits per heavy atom. The number of hydrogen-bond acceptors (Lipinski definition) is 4. The van der Waals surface area contributed by atoms with E-state index >= 15 is 0 Å². The number of hydrogen-bond donors (Lipinski definition) is 0. The molecule has 0 unspecified atom stereocenters. The van der Waals surface area contributed by atoms with Crippen molar-refractivity contribution in [2.75, 3.05) is 24.7 Å². The van der Waals surface area contributed by atoms with Crippen molar-refractivity contribution in [3.05, 3.63) is 59.7 Å². The summed E-state index contributed by atoms with van der Waals surface area (Å²) in [4.78, 5) is 25.9. The molecule has 0 spiro atoms. The maximum absolute atomic E-state index is 12.4. The summed E-state index contributed by atoms with van der Waals surface area (Å²) in [5, 5.41) is 0. The number of fused-ring (bicyclic) bond motifs is 1. The van der Waals surface area contributed by atoms with Gasteiger partial charge in [0.25, 0.3) is 5.91 Å². The van der Waals surface area contributed by atoms with E-state index in [2.05, 4.69) is 0 Å². The zero-order valence-electron chi connectivity index (χ0n) is 13.5. The summed E-state index contributed by atoms with van der Waals surface area (Å²) in [6.45, 7) is 2.67. The molecule has 1 aliphatic rings. The molecule has 2 aromatic rings. The molecule has 1 heterocycles. The van der Waals surface area contributed by atoms with Crippen LogP contribution < -0.4 is 9.64 Å². The van der Waals surface area contributed by atoms with E-state index in [4.69, 9.17) is 9.47 Å². The van der Waals surface area contributed by atoms with Crippen LogP contribution in [0.5, 0.6) is 5.75 Å². The molecule has 5 heteroatoms. The largest absolute Gasteiger partial charge is 0.484 e. The second-order valence-electron chi connectivity index (χ2n) is 5.46. The Morgan fingerprint density at radius 1 is 1.12 bits per heavy atom. The smallest absolute Gasteiger partial charge is 0.338 e.